The molecule has 5 rings (SSSR count). The fourth-order valence-electron chi connectivity index (χ4n) is 5.71. The van der Waals surface area contributed by atoms with E-state index in [4.69, 9.17) is 39.9 Å². The van der Waals surface area contributed by atoms with Crippen molar-refractivity contribution >= 4 is 34.6 Å². The number of aliphatic carboxylic acids is 1. The number of nitrogens with one attached hydrogen (secondary N) is 2. The molecule has 1 aromatic heterocycles. The lowest BCUT2D eigenvalue weighted by Gasteiger charge is -2.19. The van der Waals surface area contributed by atoms with Gasteiger partial charge in [0.05, 0.1) is 31.5 Å². The van der Waals surface area contributed by atoms with Crippen LogP contribution >= 0.6 is 11.6 Å². The Morgan fingerprint density at radius 1 is 0.860 bits per heavy atom. The number of carbonyl (C=O) groups excluding carboxylic acids is 1. The van der Waals surface area contributed by atoms with Crippen LogP contribution in [0.3, 0.4) is 0 Å². The summed E-state index contributed by atoms with van der Waals surface area (Å²) in [7, 11) is 0. The van der Waals surface area contributed by atoms with E-state index in [9.17, 15) is 19.8 Å². The van der Waals surface area contributed by atoms with E-state index in [0.717, 1.165) is 5.56 Å². The summed E-state index contributed by atoms with van der Waals surface area (Å²) in [6.07, 6.45) is 1.38. The Hall–Kier alpha value is -5.32. The summed E-state index contributed by atoms with van der Waals surface area (Å²) in [4.78, 5) is 23.7. The van der Waals surface area contributed by atoms with Crippen LogP contribution in [0.15, 0.2) is 77.4 Å². The second-order valence-corrected chi connectivity index (χ2v) is 13.2. The van der Waals surface area contributed by atoms with Crippen molar-refractivity contribution in [1.82, 2.24) is 20.9 Å². The highest BCUT2D eigenvalue weighted by Crippen LogP contribution is 2.35. The third kappa shape index (κ3) is 12.3. The quantitative estimate of drug-likeness (QED) is 0.0415. The molecule has 0 amide bonds. The van der Waals surface area contributed by atoms with Crippen LogP contribution in [0.1, 0.15) is 43.4 Å². The Morgan fingerprint density at radius 2 is 1.67 bits per heavy atom. The van der Waals surface area contributed by atoms with Gasteiger partial charge in [-0.1, -0.05) is 48.0 Å². The summed E-state index contributed by atoms with van der Waals surface area (Å²) in [6, 6.07) is 19.0. The smallest absolute Gasteiger partial charge is 0.325 e. The van der Waals surface area contributed by atoms with Gasteiger partial charge in [-0.15, -0.1) is 0 Å². The molecule has 0 aliphatic rings. The predicted octanol–water partition coefficient (Wildman–Crippen LogP) is 6.09. The number of aliphatic hydroxyl groups excluding tert-OH is 1. The molecule has 304 valence electrons. The van der Waals surface area contributed by atoms with Crippen molar-refractivity contribution < 1.29 is 52.5 Å². The molecule has 14 nitrogen and oxygen atoms in total. The maximum absolute atomic E-state index is 16.0. The van der Waals surface area contributed by atoms with Gasteiger partial charge in [0.1, 0.15) is 59.4 Å². The standard InChI is InChI=1S/C41H46ClFN4O10/c1-3-52-25-36(40(49)50)44-15-5-6-16-54-30-11-7-9-27(18-30)31-12-8-10-28(39(31)43)24-56-38-20-37(55-23-26-13-14-33-34(17-26)47-57-46-33)29(19-32(38)42)21-45-35(22-48)41(51)53-4-2/h7-14,17-20,35-36,44-45,48H,3-6,15-16,21-25H2,1-2H3,(H,49,50)/t35-,36-/m1/s1. The average molecular weight is 809 g/mol. The minimum atomic E-state index is -0.976. The zero-order valence-electron chi connectivity index (χ0n) is 31.7. The number of benzene rings is 4. The molecule has 0 unspecified atom stereocenters. The Morgan fingerprint density at radius 3 is 2.46 bits per heavy atom. The van der Waals surface area contributed by atoms with Gasteiger partial charge in [-0.05, 0) is 85.0 Å². The largest absolute Gasteiger partial charge is 0.494 e. The average Bonchev–Trinajstić information content (AvgIpc) is 3.68. The lowest BCUT2D eigenvalue weighted by molar-refractivity contribution is -0.146. The topological polar surface area (TPSA) is 184 Å². The van der Waals surface area contributed by atoms with E-state index in [1.54, 1.807) is 73.7 Å². The Balaban J connectivity index is 1.24. The van der Waals surface area contributed by atoms with Crippen LogP contribution in [0.4, 0.5) is 4.39 Å². The SMILES string of the molecule is CCOC[C@@H](NCCCCOc1cccc(-c2cccc(COc3cc(OCc4ccc5nonc5c4)c(CN[C@H](CO)C(=O)OCC)cc3Cl)c2F)c1)C(=O)O. The summed E-state index contributed by atoms with van der Waals surface area (Å²) in [5.41, 5.74) is 3.76. The summed E-state index contributed by atoms with van der Waals surface area (Å²) in [5.74, 6) is -0.853. The van der Waals surface area contributed by atoms with Crippen LogP contribution in [-0.2, 0) is 38.8 Å². The lowest BCUT2D eigenvalue weighted by atomic mass is 10.0. The first-order chi connectivity index (χ1) is 27.7. The van der Waals surface area contributed by atoms with E-state index < -0.39 is 36.4 Å². The number of aliphatic hydroxyl groups is 1. The molecule has 5 aromatic rings. The number of carboxylic acid groups (broad SMARTS) is 1. The Kier molecular flexibility index (Phi) is 16.4. The molecule has 0 aliphatic heterocycles. The van der Waals surface area contributed by atoms with E-state index in [0.29, 0.717) is 71.8 Å². The van der Waals surface area contributed by atoms with Gasteiger partial charge < -0.3 is 39.2 Å². The van der Waals surface area contributed by atoms with Gasteiger partial charge in [-0.2, -0.15) is 0 Å². The molecule has 0 saturated carbocycles. The van der Waals surface area contributed by atoms with Crippen LogP contribution in [0.5, 0.6) is 17.2 Å². The highest BCUT2D eigenvalue weighted by Gasteiger charge is 2.21. The first-order valence-electron chi connectivity index (χ1n) is 18.5. The van der Waals surface area contributed by atoms with E-state index in [-0.39, 0.29) is 49.3 Å². The van der Waals surface area contributed by atoms with Crippen molar-refractivity contribution in [3.05, 3.63) is 100 Å². The molecule has 57 heavy (non-hydrogen) atoms. The third-order valence-corrected chi connectivity index (χ3v) is 9.04. The normalized spacial score (nSPS) is 12.3. The number of hydrogen-bond donors (Lipinski definition) is 4. The van der Waals surface area contributed by atoms with E-state index in [1.165, 1.54) is 0 Å². The maximum atomic E-state index is 16.0. The maximum Gasteiger partial charge on any atom is 0.325 e. The molecule has 0 aliphatic carbocycles. The van der Waals surface area contributed by atoms with Gasteiger partial charge in [0.25, 0.3) is 0 Å². The number of aromatic nitrogens is 2. The van der Waals surface area contributed by atoms with Crippen LogP contribution in [0.25, 0.3) is 22.2 Å². The number of halogens is 2. The highest BCUT2D eigenvalue weighted by atomic mass is 35.5. The molecule has 16 heteroatoms. The minimum Gasteiger partial charge on any atom is -0.494 e. The highest BCUT2D eigenvalue weighted by molar-refractivity contribution is 6.32. The number of esters is 1. The predicted molar refractivity (Wildman–Crippen MR) is 209 cm³/mol. The van der Waals surface area contributed by atoms with Gasteiger partial charge in [-0.25, -0.2) is 9.02 Å². The fraction of sp³-hybridized carbons (Fsp3) is 0.366. The number of rotatable bonds is 24. The van der Waals surface area contributed by atoms with Crippen LogP contribution < -0.4 is 24.8 Å². The van der Waals surface area contributed by atoms with E-state index in [1.807, 2.05) is 13.0 Å². The lowest BCUT2D eigenvalue weighted by Crippen LogP contribution is -2.41. The fourth-order valence-corrected chi connectivity index (χ4v) is 5.95. The molecule has 4 N–H and O–H groups in total. The molecule has 0 spiro atoms. The molecule has 0 saturated heterocycles. The van der Waals surface area contributed by atoms with Gasteiger partial charge in [0, 0.05) is 35.9 Å². The van der Waals surface area contributed by atoms with Crippen LogP contribution in [0.2, 0.25) is 5.02 Å². The van der Waals surface area contributed by atoms with Gasteiger partial charge in [0.15, 0.2) is 0 Å². The Labute approximate surface area is 334 Å². The van der Waals surface area contributed by atoms with Crippen molar-refractivity contribution in [3.63, 3.8) is 0 Å². The zero-order valence-corrected chi connectivity index (χ0v) is 32.4. The van der Waals surface area contributed by atoms with Gasteiger partial charge >= 0.3 is 11.9 Å². The Bertz CT molecular complexity index is 2080. The molecule has 0 bridgehead atoms. The van der Waals surface area contributed by atoms with Gasteiger partial charge in [0.2, 0.25) is 0 Å². The number of ether oxygens (including phenoxy) is 5. The first-order valence-corrected chi connectivity index (χ1v) is 18.9. The van der Waals surface area contributed by atoms with Crippen molar-refractivity contribution in [2.75, 3.05) is 39.6 Å². The van der Waals surface area contributed by atoms with E-state index >= 15 is 4.39 Å². The second-order valence-electron chi connectivity index (χ2n) is 12.8. The monoisotopic (exact) mass is 808 g/mol. The summed E-state index contributed by atoms with van der Waals surface area (Å²) in [6.45, 7) is 4.66. The molecule has 0 radical (unpaired) electrons. The summed E-state index contributed by atoms with van der Waals surface area (Å²) >= 11 is 6.68. The number of fused-ring (bicyclic) bond motifs is 1. The molecule has 0 fully saturated rings. The van der Waals surface area contributed by atoms with Crippen molar-refractivity contribution in [2.45, 2.75) is 58.5 Å². The number of carbonyl (C=O) groups is 2. The molecular weight excluding hydrogens is 763 g/mol. The molecule has 2 atom stereocenters. The second kappa shape index (κ2) is 21.8. The number of nitrogens with zero attached hydrogens (tertiary/aromatic N) is 2. The van der Waals surface area contributed by atoms with Crippen LogP contribution in [0, 0.1) is 5.82 Å². The van der Waals surface area contributed by atoms with Crippen LogP contribution in [-0.4, -0.2) is 84.1 Å². The van der Waals surface area contributed by atoms with Crippen molar-refractivity contribution in [2.24, 2.45) is 0 Å². The minimum absolute atomic E-state index is 0.0877. The number of carboxylic acids is 1. The molecule has 4 aromatic carbocycles. The van der Waals surface area contributed by atoms with Gasteiger partial charge in [-0.3, -0.25) is 14.9 Å². The van der Waals surface area contributed by atoms with E-state index in [2.05, 4.69) is 20.9 Å². The van der Waals surface area contributed by atoms with Crippen molar-refractivity contribution in [1.29, 1.82) is 0 Å². The zero-order chi connectivity index (χ0) is 40.6. The van der Waals surface area contributed by atoms with Crippen molar-refractivity contribution in [3.8, 4) is 28.4 Å². The number of hydrogen-bond acceptors (Lipinski definition) is 13. The number of unbranched alkanes of at least 4 members (excludes halogenated alkanes) is 1. The first kappa shape index (κ1) is 42.8. The summed E-state index contributed by atoms with van der Waals surface area (Å²) < 4.78 is 49.3. The molecule has 1 heterocycles. The molecular formula is C41H46ClFN4O10. The summed E-state index contributed by atoms with van der Waals surface area (Å²) in [5, 5.41) is 33.0. The third-order valence-electron chi connectivity index (χ3n) is 8.74.